The molecule has 3 rings (SSSR count). The Bertz CT molecular complexity index is 927. The van der Waals surface area contributed by atoms with Gasteiger partial charge >= 0.3 is 0 Å². The minimum absolute atomic E-state index is 0.00508. The minimum atomic E-state index is -1.60. The lowest BCUT2D eigenvalue weighted by Gasteiger charge is -2.15. The monoisotopic (exact) mass is 391 g/mol. The van der Waals surface area contributed by atoms with Gasteiger partial charge in [0.2, 0.25) is 0 Å². The Labute approximate surface area is 158 Å². The van der Waals surface area contributed by atoms with Crippen LogP contribution in [-0.2, 0) is 4.79 Å². The zero-order valence-corrected chi connectivity index (χ0v) is 15.3. The van der Waals surface area contributed by atoms with Crippen molar-refractivity contribution in [1.82, 2.24) is 0 Å². The van der Waals surface area contributed by atoms with Crippen LogP contribution in [0.4, 0.5) is 18.9 Å². The van der Waals surface area contributed by atoms with Crippen molar-refractivity contribution in [3.05, 3.63) is 87.4 Å². The van der Waals surface area contributed by atoms with Crippen molar-refractivity contribution >= 4 is 22.9 Å². The molecule has 0 radical (unpaired) electrons. The molecule has 27 heavy (non-hydrogen) atoms. The van der Waals surface area contributed by atoms with E-state index in [2.05, 4.69) is 5.32 Å². The van der Waals surface area contributed by atoms with Gasteiger partial charge in [-0.2, -0.15) is 0 Å². The minimum Gasteiger partial charge on any atom is -0.328 e. The molecule has 0 aliphatic heterocycles. The van der Waals surface area contributed by atoms with Gasteiger partial charge in [0.05, 0.1) is 10.6 Å². The fourth-order valence-electron chi connectivity index (χ4n) is 2.71. The zero-order chi connectivity index (χ0) is 19.4. The second kappa shape index (κ2) is 8.37. The van der Waals surface area contributed by atoms with Gasteiger partial charge in [-0.3, -0.25) is 4.79 Å². The third-order valence-corrected chi connectivity index (χ3v) is 5.09. The Kier molecular flexibility index (Phi) is 5.93. The molecule has 0 aliphatic carbocycles. The first-order valence-corrected chi connectivity index (χ1v) is 9.20. The number of carbonyl (C=O) groups is 1. The van der Waals surface area contributed by atoms with Crippen LogP contribution in [0.25, 0.3) is 0 Å². The summed E-state index contributed by atoms with van der Waals surface area (Å²) < 4.78 is 40.0. The second-order valence-corrected chi connectivity index (χ2v) is 7.09. The molecular weight excluding hydrogens is 373 g/mol. The molecule has 0 saturated carbocycles. The SMILES string of the molecule is Cc1ccc([C@H]([NH2+]CC(=O)Nc2ccc(F)c(F)c2F)c2cccs2)cc1. The van der Waals surface area contributed by atoms with E-state index in [1.807, 2.05) is 54.0 Å². The number of hydrogen-bond acceptors (Lipinski definition) is 2. The van der Waals surface area contributed by atoms with E-state index in [9.17, 15) is 18.0 Å². The van der Waals surface area contributed by atoms with Crippen molar-refractivity contribution < 1.29 is 23.3 Å². The molecule has 7 heteroatoms. The largest absolute Gasteiger partial charge is 0.328 e. The molecular formula is C20H18F3N2OS+. The summed E-state index contributed by atoms with van der Waals surface area (Å²) in [7, 11) is 0. The first-order chi connectivity index (χ1) is 13.0. The first-order valence-electron chi connectivity index (χ1n) is 8.32. The molecule has 0 fully saturated rings. The van der Waals surface area contributed by atoms with E-state index in [-0.39, 0.29) is 18.3 Å². The molecule has 3 N–H and O–H groups in total. The Hall–Kier alpha value is -2.64. The van der Waals surface area contributed by atoms with Crippen molar-refractivity contribution in [2.75, 3.05) is 11.9 Å². The smallest absolute Gasteiger partial charge is 0.279 e. The highest BCUT2D eigenvalue weighted by Gasteiger charge is 2.21. The number of nitrogens with one attached hydrogen (secondary N) is 1. The molecule has 140 valence electrons. The number of halogens is 3. The highest BCUT2D eigenvalue weighted by atomic mass is 32.1. The van der Waals surface area contributed by atoms with Crippen molar-refractivity contribution in [2.45, 2.75) is 13.0 Å². The van der Waals surface area contributed by atoms with Crippen molar-refractivity contribution in [3.63, 3.8) is 0 Å². The molecule has 0 saturated heterocycles. The number of rotatable bonds is 6. The van der Waals surface area contributed by atoms with Gasteiger partial charge in [-0.05, 0) is 30.5 Å². The second-order valence-electron chi connectivity index (χ2n) is 6.11. The molecule has 3 nitrogen and oxygen atoms in total. The summed E-state index contributed by atoms with van der Waals surface area (Å²) in [6, 6.07) is 13.6. The fraction of sp³-hybridized carbons (Fsp3) is 0.150. The van der Waals surface area contributed by atoms with Gasteiger partial charge < -0.3 is 10.6 Å². The van der Waals surface area contributed by atoms with Crippen LogP contribution < -0.4 is 10.6 Å². The molecule has 1 amide bonds. The summed E-state index contributed by atoms with van der Waals surface area (Å²) in [5.74, 6) is -4.81. The lowest BCUT2D eigenvalue weighted by atomic mass is 10.0. The Balaban J connectivity index is 1.71. The van der Waals surface area contributed by atoms with Gasteiger partial charge in [-0.1, -0.05) is 35.9 Å². The summed E-state index contributed by atoms with van der Waals surface area (Å²) in [4.78, 5) is 13.3. The average molecular weight is 391 g/mol. The van der Waals surface area contributed by atoms with Crippen LogP contribution in [0, 0.1) is 24.4 Å². The van der Waals surface area contributed by atoms with Gasteiger partial charge in [0.1, 0.15) is 6.04 Å². The van der Waals surface area contributed by atoms with E-state index < -0.39 is 23.4 Å². The number of aryl methyl sites for hydroxylation is 1. The maximum atomic E-state index is 13.7. The molecule has 0 aliphatic rings. The van der Waals surface area contributed by atoms with E-state index in [4.69, 9.17) is 0 Å². The molecule has 1 atom stereocenters. The first kappa shape index (κ1) is 19.1. The topological polar surface area (TPSA) is 45.7 Å². The van der Waals surface area contributed by atoms with Crippen LogP contribution in [0.15, 0.2) is 53.9 Å². The number of quaternary nitrogens is 1. The van der Waals surface area contributed by atoms with E-state index in [1.165, 1.54) is 0 Å². The number of amides is 1. The lowest BCUT2D eigenvalue weighted by molar-refractivity contribution is -0.675. The molecule has 0 spiro atoms. The van der Waals surface area contributed by atoms with Crippen molar-refractivity contribution in [2.24, 2.45) is 0 Å². The summed E-state index contributed by atoms with van der Waals surface area (Å²) in [5, 5.41) is 6.07. The number of anilines is 1. The summed E-state index contributed by atoms with van der Waals surface area (Å²) in [6.45, 7) is 1.99. The molecule has 1 heterocycles. The van der Waals surface area contributed by atoms with Gasteiger partial charge in [0, 0.05) is 5.56 Å². The summed E-state index contributed by atoms with van der Waals surface area (Å²) >= 11 is 1.58. The number of thiophene rings is 1. The predicted molar refractivity (Wildman–Crippen MR) is 99.1 cm³/mol. The number of benzene rings is 2. The quantitative estimate of drug-likeness (QED) is 0.618. The Morgan fingerprint density at radius 1 is 1.07 bits per heavy atom. The van der Waals surface area contributed by atoms with Gasteiger partial charge in [0.15, 0.2) is 24.0 Å². The van der Waals surface area contributed by atoms with E-state index in [0.29, 0.717) is 0 Å². The lowest BCUT2D eigenvalue weighted by Crippen LogP contribution is -2.87. The van der Waals surface area contributed by atoms with Crippen LogP contribution in [-0.4, -0.2) is 12.5 Å². The summed E-state index contributed by atoms with van der Waals surface area (Å²) in [5.41, 5.74) is 1.79. The van der Waals surface area contributed by atoms with E-state index >= 15 is 0 Å². The van der Waals surface area contributed by atoms with Crippen LogP contribution in [0.1, 0.15) is 22.0 Å². The highest BCUT2D eigenvalue weighted by molar-refractivity contribution is 7.10. The summed E-state index contributed by atoms with van der Waals surface area (Å²) in [6.07, 6.45) is 0. The number of carbonyl (C=O) groups excluding carboxylic acids is 1. The normalized spacial score (nSPS) is 12.0. The third kappa shape index (κ3) is 4.56. The molecule has 0 bridgehead atoms. The molecule has 3 aromatic rings. The Morgan fingerprint density at radius 2 is 1.81 bits per heavy atom. The number of hydrogen-bond donors (Lipinski definition) is 2. The van der Waals surface area contributed by atoms with Crippen LogP contribution in [0.5, 0.6) is 0 Å². The van der Waals surface area contributed by atoms with Crippen LogP contribution in [0.2, 0.25) is 0 Å². The zero-order valence-electron chi connectivity index (χ0n) is 14.5. The van der Waals surface area contributed by atoms with E-state index in [0.717, 1.165) is 28.1 Å². The van der Waals surface area contributed by atoms with Crippen molar-refractivity contribution in [1.29, 1.82) is 0 Å². The predicted octanol–water partition coefficient (Wildman–Crippen LogP) is 3.77. The molecule has 2 aromatic carbocycles. The third-order valence-electron chi connectivity index (χ3n) is 4.13. The van der Waals surface area contributed by atoms with Crippen molar-refractivity contribution in [3.8, 4) is 0 Å². The van der Waals surface area contributed by atoms with Gasteiger partial charge in [-0.25, -0.2) is 13.2 Å². The standard InChI is InChI=1S/C20H17F3N2OS/c1-12-4-6-13(7-5-12)20(16-3-2-10-27-16)24-11-17(26)25-15-9-8-14(21)18(22)19(15)23/h2-10,20,24H,11H2,1H3,(H,25,26)/p+1/t20-/m0/s1. The van der Waals surface area contributed by atoms with Crippen LogP contribution >= 0.6 is 11.3 Å². The fourth-order valence-corrected chi connectivity index (χ4v) is 3.56. The maximum absolute atomic E-state index is 13.7. The van der Waals surface area contributed by atoms with Crippen LogP contribution in [0.3, 0.4) is 0 Å². The average Bonchev–Trinajstić information content (AvgIpc) is 3.18. The van der Waals surface area contributed by atoms with E-state index in [1.54, 1.807) is 11.3 Å². The van der Waals surface area contributed by atoms with Gasteiger partial charge in [0.25, 0.3) is 5.91 Å². The molecule has 0 unspecified atom stereocenters. The maximum Gasteiger partial charge on any atom is 0.279 e. The molecule has 1 aromatic heterocycles. The number of nitrogens with two attached hydrogens (primary N) is 1. The highest BCUT2D eigenvalue weighted by Crippen LogP contribution is 2.23. The van der Waals surface area contributed by atoms with Gasteiger partial charge in [-0.15, -0.1) is 11.3 Å². The Morgan fingerprint density at radius 3 is 2.48 bits per heavy atom.